The van der Waals surface area contributed by atoms with Crippen LogP contribution in [0.1, 0.15) is 16.4 Å². The van der Waals surface area contributed by atoms with Gasteiger partial charge in [-0.05, 0) is 33.6 Å². The second-order valence-electron chi connectivity index (χ2n) is 5.08. The minimum absolute atomic E-state index is 0. The molecule has 20 heavy (non-hydrogen) atoms. The second kappa shape index (κ2) is 7.05. The summed E-state index contributed by atoms with van der Waals surface area (Å²) in [5.41, 5.74) is 7.68. The number of thiophene rings is 1. The molecule has 1 saturated heterocycles. The maximum atomic E-state index is 6.31. The molecule has 1 aliphatic heterocycles. The Morgan fingerprint density at radius 1 is 1.15 bits per heavy atom. The lowest BCUT2D eigenvalue weighted by Crippen LogP contribution is -2.28. The van der Waals surface area contributed by atoms with E-state index in [9.17, 15) is 0 Å². The largest absolute Gasteiger partial charge is 0.326 e. The number of halogens is 2. The van der Waals surface area contributed by atoms with E-state index in [4.69, 9.17) is 5.73 Å². The van der Waals surface area contributed by atoms with Crippen LogP contribution in [0.5, 0.6) is 0 Å². The summed E-state index contributed by atoms with van der Waals surface area (Å²) in [5.74, 6) is 0.463. The monoisotopic (exact) mass is 372 g/mol. The summed E-state index contributed by atoms with van der Waals surface area (Å²) in [6.45, 7) is 3.04. The van der Waals surface area contributed by atoms with Crippen molar-refractivity contribution in [1.29, 1.82) is 0 Å². The Balaban J connectivity index is 0.00000147. The highest BCUT2D eigenvalue weighted by Gasteiger charge is 2.31. The fourth-order valence-electron chi connectivity index (χ4n) is 2.75. The van der Waals surface area contributed by atoms with Crippen LogP contribution in [0, 0.1) is 0 Å². The van der Waals surface area contributed by atoms with Gasteiger partial charge in [0.15, 0.2) is 0 Å². The zero-order chi connectivity index (χ0) is 13.2. The van der Waals surface area contributed by atoms with Crippen molar-refractivity contribution in [2.45, 2.75) is 18.5 Å². The summed E-state index contributed by atoms with van der Waals surface area (Å²) in [7, 11) is 0. The van der Waals surface area contributed by atoms with Crippen LogP contribution < -0.4 is 5.73 Å². The van der Waals surface area contributed by atoms with Crippen molar-refractivity contribution in [2.75, 3.05) is 13.1 Å². The molecular weight excluding hydrogens is 356 g/mol. The molecule has 2 nitrogen and oxygen atoms in total. The van der Waals surface area contributed by atoms with Gasteiger partial charge in [-0.15, -0.1) is 23.7 Å². The Morgan fingerprint density at radius 3 is 2.55 bits per heavy atom. The fourth-order valence-corrected chi connectivity index (χ4v) is 4.28. The maximum Gasteiger partial charge on any atom is 0.0701 e. The highest BCUT2D eigenvalue weighted by atomic mass is 79.9. The molecule has 0 saturated carbocycles. The van der Waals surface area contributed by atoms with E-state index in [1.807, 2.05) is 11.3 Å². The van der Waals surface area contributed by atoms with Gasteiger partial charge in [0.25, 0.3) is 0 Å². The van der Waals surface area contributed by atoms with Gasteiger partial charge in [-0.2, -0.15) is 0 Å². The first-order chi connectivity index (χ1) is 9.22. The van der Waals surface area contributed by atoms with Crippen LogP contribution in [0.15, 0.2) is 46.3 Å². The number of benzene rings is 1. The van der Waals surface area contributed by atoms with E-state index in [-0.39, 0.29) is 18.4 Å². The zero-order valence-electron chi connectivity index (χ0n) is 11.0. The molecule has 3 rings (SSSR count). The van der Waals surface area contributed by atoms with E-state index in [2.05, 4.69) is 63.3 Å². The number of likely N-dealkylation sites (tertiary alicyclic amines) is 1. The Labute approximate surface area is 138 Å². The van der Waals surface area contributed by atoms with Gasteiger partial charge in [0.1, 0.15) is 0 Å². The lowest BCUT2D eigenvalue weighted by atomic mass is 9.95. The van der Waals surface area contributed by atoms with Crippen molar-refractivity contribution in [1.82, 2.24) is 4.90 Å². The Bertz CT molecular complexity index is 546. The summed E-state index contributed by atoms with van der Waals surface area (Å²) >= 11 is 5.32. The Kier molecular flexibility index (Phi) is 5.64. The smallest absolute Gasteiger partial charge is 0.0701 e. The third-order valence-corrected chi connectivity index (χ3v) is 5.29. The molecule has 0 bridgehead atoms. The molecule has 0 unspecified atom stereocenters. The zero-order valence-corrected chi connectivity index (χ0v) is 14.3. The van der Waals surface area contributed by atoms with Gasteiger partial charge in [-0.1, -0.05) is 30.3 Å². The topological polar surface area (TPSA) is 29.3 Å². The standard InChI is InChI=1S/C15H17BrN2S.ClH/c16-15-7-6-12(19-15)8-18-9-13(14(17)10-18)11-4-2-1-3-5-11;/h1-7,13-14H,8-10,17H2;1H/t13-,14+;/m0./s1. The van der Waals surface area contributed by atoms with E-state index in [0.29, 0.717) is 5.92 Å². The van der Waals surface area contributed by atoms with Gasteiger partial charge in [0, 0.05) is 36.5 Å². The minimum atomic E-state index is 0. The van der Waals surface area contributed by atoms with E-state index >= 15 is 0 Å². The van der Waals surface area contributed by atoms with E-state index in [1.165, 1.54) is 14.2 Å². The number of nitrogens with zero attached hydrogens (tertiary/aromatic N) is 1. The first kappa shape index (κ1) is 16.0. The molecule has 2 N–H and O–H groups in total. The van der Waals surface area contributed by atoms with Crippen LogP contribution in [-0.4, -0.2) is 24.0 Å². The van der Waals surface area contributed by atoms with Crippen molar-refractivity contribution < 1.29 is 0 Å². The molecule has 0 radical (unpaired) electrons. The van der Waals surface area contributed by atoms with Crippen molar-refractivity contribution >= 4 is 39.7 Å². The van der Waals surface area contributed by atoms with Crippen molar-refractivity contribution in [3.63, 3.8) is 0 Å². The fraction of sp³-hybridized carbons (Fsp3) is 0.333. The number of nitrogens with two attached hydrogens (primary N) is 1. The predicted octanol–water partition coefficient (Wildman–Crippen LogP) is 3.86. The van der Waals surface area contributed by atoms with E-state index in [1.54, 1.807) is 0 Å². The first-order valence-corrected chi connectivity index (χ1v) is 8.10. The van der Waals surface area contributed by atoms with Gasteiger partial charge in [-0.25, -0.2) is 0 Å². The lowest BCUT2D eigenvalue weighted by Gasteiger charge is -2.15. The van der Waals surface area contributed by atoms with Crippen LogP contribution in [0.4, 0.5) is 0 Å². The first-order valence-electron chi connectivity index (χ1n) is 6.49. The minimum Gasteiger partial charge on any atom is -0.326 e. The van der Waals surface area contributed by atoms with E-state index < -0.39 is 0 Å². The molecule has 0 aliphatic carbocycles. The summed E-state index contributed by atoms with van der Waals surface area (Å²) < 4.78 is 1.20. The van der Waals surface area contributed by atoms with E-state index in [0.717, 1.165) is 19.6 Å². The number of hydrogen-bond donors (Lipinski definition) is 1. The van der Waals surface area contributed by atoms with Crippen LogP contribution in [-0.2, 0) is 6.54 Å². The molecule has 2 aromatic rings. The number of rotatable bonds is 3. The molecule has 0 amide bonds. The van der Waals surface area contributed by atoms with Gasteiger partial charge in [-0.3, -0.25) is 4.90 Å². The normalized spacial score (nSPS) is 22.7. The summed E-state index contributed by atoms with van der Waals surface area (Å²) in [6.07, 6.45) is 0. The van der Waals surface area contributed by atoms with Gasteiger partial charge in [0.2, 0.25) is 0 Å². The molecule has 2 atom stereocenters. The SMILES string of the molecule is Cl.N[C@@H]1CN(Cc2ccc(Br)s2)C[C@H]1c1ccccc1. The molecule has 1 aliphatic rings. The molecule has 2 heterocycles. The average molecular weight is 374 g/mol. The van der Waals surface area contributed by atoms with Gasteiger partial charge >= 0.3 is 0 Å². The molecular formula is C15H18BrClN2S. The molecule has 5 heteroatoms. The molecule has 0 spiro atoms. The third kappa shape index (κ3) is 3.62. The summed E-state index contributed by atoms with van der Waals surface area (Å²) in [4.78, 5) is 3.86. The second-order valence-corrected chi connectivity index (χ2v) is 7.63. The van der Waals surface area contributed by atoms with Gasteiger partial charge < -0.3 is 5.73 Å². The van der Waals surface area contributed by atoms with Crippen LogP contribution in [0.3, 0.4) is 0 Å². The van der Waals surface area contributed by atoms with Crippen LogP contribution in [0.2, 0.25) is 0 Å². The van der Waals surface area contributed by atoms with Crippen molar-refractivity contribution in [2.24, 2.45) is 5.73 Å². The molecule has 1 aromatic heterocycles. The molecule has 1 fully saturated rings. The number of hydrogen-bond acceptors (Lipinski definition) is 3. The lowest BCUT2D eigenvalue weighted by molar-refractivity contribution is 0.327. The average Bonchev–Trinajstić information content (AvgIpc) is 2.97. The highest BCUT2D eigenvalue weighted by Crippen LogP contribution is 2.29. The Hall–Kier alpha value is -0.390. The van der Waals surface area contributed by atoms with Crippen LogP contribution in [0.25, 0.3) is 0 Å². The quantitative estimate of drug-likeness (QED) is 0.885. The summed E-state index contributed by atoms with van der Waals surface area (Å²) in [6, 6.07) is 15.2. The van der Waals surface area contributed by atoms with Gasteiger partial charge in [0.05, 0.1) is 3.79 Å². The third-order valence-electron chi connectivity index (χ3n) is 3.68. The Morgan fingerprint density at radius 2 is 1.90 bits per heavy atom. The van der Waals surface area contributed by atoms with Crippen molar-refractivity contribution in [3.05, 3.63) is 56.7 Å². The molecule has 1 aromatic carbocycles. The summed E-state index contributed by atoms with van der Waals surface area (Å²) in [5, 5.41) is 0. The predicted molar refractivity (Wildman–Crippen MR) is 91.7 cm³/mol. The maximum absolute atomic E-state index is 6.31. The molecule has 108 valence electrons. The van der Waals surface area contributed by atoms with Crippen molar-refractivity contribution in [3.8, 4) is 0 Å². The van der Waals surface area contributed by atoms with Crippen LogP contribution >= 0.6 is 39.7 Å². The highest BCUT2D eigenvalue weighted by molar-refractivity contribution is 9.11.